The van der Waals surface area contributed by atoms with E-state index in [2.05, 4.69) is 31.0 Å². The van der Waals surface area contributed by atoms with Gasteiger partial charge in [-0.2, -0.15) is 0 Å². The highest BCUT2D eigenvalue weighted by molar-refractivity contribution is 5.52. The molecule has 0 aromatic heterocycles. The van der Waals surface area contributed by atoms with Crippen molar-refractivity contribution in [2.24, 2.45) is 5.41 Å². The fourth-order valence-corrected chi connectivity index (χ4v) is 3.25. The van der Waals surface area contributed by atoms with Crippen LogP contribution in [0.3, 0.4) is 0 Å². The largest absolute Gasteiger partial charge is 0.507 e. The molecule has 1 saturated heterocycles. The number of nitrogens with one attached hydrogen (secondary N) is 1. The van der Waals surface area contributed by atoms with Gasteiger partial charge in [-0.15, -0.1) is 0 Å². The van der Waals surface area contributed by atoms with Crippen LogP contribution in [-0.2, 0) is 0 Å². The summed E-state index contributed by atoms with van der Waals surface area (Å²) >= 11 is 0. The minimum Gasteiger partial charge on any atom is -0.507 e. The number of phenols is 1. The van der Waals surface area contributed by atoms with Crippen LogP contribution in [0.2, 0.25) is 0 Å². The van der Waals surface area contributed by atoms with E-state index in [1.54, 1.807) is 20.3 Å². The van der Waals surface area contributed by atoms with Crippen molar-refractivity contribution < 1.29 is 14.6 Å². The summed E-state index contributed by atoms with van der Waals surface area (Å²) in [5.41, 5.74) is 0.814. The minimum atomic E-state index is -0.0311. The molecule has 0 unspecified atom stereocenters. The zero-order valence-corrected chi connectivity index (χ0v) is 14.3. The highest BCUT2D eigenvalue weighted by Crippen LogP contribution is 2.47. The van der Waals surface area contributed by atoms with Crippen molar-refractivity contribution >= 4 is 0 Å². The number of methoxy groups -OCH3 is 2. The Labute approximate surface area is 133 Å². The third-order valence-corrected chi connectivity index (χ3v) is 4.16. The van der Waals surface area contributed by atoms with E-state index in [4.69, 9.17) is 9.47 Å². The van der Waals surface area contributed by atoms with E-state index in [1.165, 1.54) is 0 Å². The van der Waals surface area contributed by atoms with E-state index in [-0.39, 0.29) is 17.2 Å². The molecule has 1 aromatic rings. The molecule has 1 fully saturated rings. The summed E-state index contributed by atoms with van der Waals surface area (Å²) < 4.78 is 10.8. The van der Waals surface area contributed by atoms with Gasteiger partial charge in [-0.1, -0.05) is 20.8 Å². The molecule has 1 heterocycles. The Hall–Kier alpha value is -1.46. The van der Waals surface area contributed by atoms with Crippen LogP contribution in [0.4, 0.5) is 0 Å². The van der Waals surface area contributed by atoms with Gasteiger partial charge in [-0.25, -0.2) is 0 Å². The standard InChI is InChI=1S/C17H28N2O3/c1-17(2,3)16(19-8-6-18-7-9-19)15-13(20)10-12(21-4)11-14(15)22-5/h10-11,16,18,20H,6-9H2,1-5H3/t16-/m0/s1. The van der Waals surface area contributed by atoms with E-state index in [9.17, 15) is 5.11 Å². The van der Waals surface area contributed by atoms with Gasteiger partial charge in [0.05, 0.1) is 19.8 Å². The lowest BCUT2D eigenvalue weighted by Gasteiger charge is -2.43. The van der Waals surface area contributed by atoms with Crippen molar-refractivity contribution in [1.82, 2.24) is 10.2 Å². The monoisotopic (exact) mass is 308 g/mol. The highest BCUT2D eigenvalue weighted by Gasteiger charge is 2.36. The maximum Gasteiger partial charge on any atom is 0.131 e. The van der Waals surface area contributed by atoms with Crippen LogP contribution in [0.5, 0.6) is 17.2 Å². The van der Waals surface area contributed by atoms with Gasteiger partial charge in [0, 0.05) is 44.4 Å². The zero-order chi connectivity index (χ0) is 16.3. The summed E-state index contributed by atoms with van der Waals surface area (Å²) in [5.74, 6) is 1.51. The number of hydrogen-bond acceptors (Lipinski definition) is 5. The first-order valence-corrected chi connectivity index (χ1v) is 7.78. The zero-order valence-electron chi connectivity index (χ0n) is 14.3. The van der Waals surface area contributed by atoms with Gasteiger partial charge < -0.3 is 19.9 Å². The van der Waals surface area contributed by atoms with Gasteiger partial charge in [0.15, 0.2) is 0 Å². The van der Waals surface area contributed by atoms with E-state index in [1.807, 2.05) is 6.07 Å². The Balaban J connectivity index is 2.51. The van der Waals surface area contributed by atoms with Gasteiger partial charge >= 0.3 is 0 Å². The first-order chi connectivity index (χ1) is 10.4. The van der Waals surface area contributed by atoms with Crippen molar-refractivity contribution in [3.8, 4) is 17.2 Å². The lowest BCUT2D eigenvalue weighted by Crippen LogP contribution is -2.48. The number of aromatic hydroxyl groups is 1. The lowest BCUT2D eigenvalue weighted by atomic mass is 9.80. The van der Waals surface area contributed by atoms with Gasteiger partial charge in [-0.05, 0) is 5.41 Å². The van der Waals surface area contributed by atoms with E-state index >= 15 is 0 Å². The molecular formula is C17H28N2O3. The number of piperazine rings is 1. The second-order valence-electron chi connectivity index (χ2n) is 6.82. The molecule has 1 atom stereocenters. The highest BCUT2D eigenvalue weighted by atomic mass is 16.5. The molecule has 22 heavy (non-hydrogen) atoms. The lowest BCUT2D eigenvalue weighted by molar-refractivity contribution is 0.0820. The summed E-state index contributed by atoms with van der Waals surface area (Å²) in [6, 6.07) is 3.59. The van der Waals surface area contributed by atoms with Crippen molar-refractivity contribution in [1.29, 1.82) is 0 Å². The summed E-state index contributed by atoms with van der Waals surface area (Å²) in [4.78, 5) is 2.42. The molecule has 0 aliphatic carbocycles. The van der Waals surface area contributed by atoms with Crippen LogP contribution in [0.25, 0.3) is 0 Å². The molecule has 124 valence electrons. The normalized spacial score (nSPS) is 18.0. The quantitative estimate of drug-likeness (QED) is 0.894. The van der Waals surface area contributed by atoms with E-state index in [0.717, 1.165) is 31.7 Å². The van der Waals surface area contributed by atoms with Crippen LogP contribution in [-0.4, -0.2) is 50.4 Å². The number of nitrogens with zero attached hydrogens (tertiary/aromatic N) is 1. The summed E-state index contributed by atoms with van der Waals surface area (Å²) in [6.07, 6.45) is 0. The van der Waals surface area contributed by atoms with Gasteiger partial charge in [0.1, 0.15) is 17.2 Å². The van der Waals surface area contributed by atoms with Crippen LogP contribution in [0.15, 0.2) is 12.1 Å². The molecule has 1 aliphatic rings. The van der Waals surface area contributed by atoms with Crippen LogP contribution < -0.4 is 14.8 Å². The first kappa shape index (κ1) is 16.9. The summed E-state index contributed by atoms with van der Waals surface area (Å²) in [6.45, 7) is 10.4. The third kappa shape index (κ3) is 3.47. The maximum atomic E-state index is 10.6. The summed E-state index contributed by atoms with van der Waals surface area (Å²) in [7, 11) is 3.22. The molecule has 2 rings (SSSR count). The van der Waals surface area contributed by atoms with Gasteiger partial charge in [0.25, 0.3) is 0 Å². The minimum absolute atomic E-state index is 0.0311. The average molecular weight is 308 g/mol. The molecule has 5 nitrogen and oxygen atoms in total. The number of ether oxygens (including phenoxy) is 2. The Morgan fingerprint density at radius 3 is 2.27 bits per heavy atom. The topological polar surface area (TPSA) is 54.0 Å². The fraction of sp³-hybridized carbons (Fsp3) is 0.647. The Bertz CT molecular complexity index is 505. The number of benzene rings is 1. The Morgan fingerprint density at radius 2 is 1.77 bits per heavy atom. The maximum absolute atomic E-state index is 10.6. The molecule has 1 aliphatic heterocycles. The van der Waals surface area contributed by atoms with Crippen molar-refractivity contribution in [2.45, 2.75) is 26.8 Å². The molecule has 2 N–H and O–H groups in total. The SMILES string of the molecule is COc1cc(O)c([C@H](N2CCNCC2)C(C)(C)C)c(OC)c1. The molecule has 1 aromatic carbocycles. The average Bonchev–Trinajstić information content (AvgIpc) is 2.48. The molecule has 0 saturated carbocycles. The first-order valence-electron chi connectivity index (χ1n) is 7.78. The third-order valence-electron chi connectivity index (χ3n) is 4.16. The van der Waals surface area contributed by atoms with Crippen molar-refractivity contribution in [3.63, 3.8) is 0 Å². The molecule has 0 amide bonds. The molecular weight excluding hydrogens is 280 g/mol. The van der Waals surface area contributed by atoms with E-state index < -0.39 is 0 Å². The van der Waals surface area contributed by atoms with E-state index in [0.29, 0.717) is 11.5 Å². The summed E-state index contributed by atoms with van der Waals surface area (Å²) in [5, 5.41) is 14.0. The van der Waals surface area contributed by atoms with Crippen molar-refractivity contribution in [2.75, 3.05) is 40.4 Å². The smallest absolute Gasteiger partial charge is 0.131 e. The van der Waals surface area contributed by atoms with Crippen molar-refractivity contribution in [3.05, 3.63) is 17.7 Å². The van der Waals surface area contributed by atoms with Gasteiger partial charge in [0.2, 0.25) is 0 Å². The fourth-order valence-electron chi connectivity index (χ4n) is 3.25. The van der Waals surface area contributed by atoms with Gasteiger partial charge in [-0.3, -0.25) is 4.90 Å². The number of phenolic OH excluding ortho intramolecular Hbond substituents is 1. The van der Waals surface area contributed by atoms with Crippen LogP contribution >= 0.6 is 0 Å². The molecule has 0 spiro atoms. The molecule has 0 radical (unpaired) electrons. The Morgan fingerprint density at radius 1 is 1.14 bits per heavy atom. The van der Waals surface area contributed by atoms with Crippen LogP contribution in [0, 0.1) is 5.41 Å². The number of hydrogen-bond donors (Lipinski definition) is 2. The van der Waals surface area contributed by atoms with Crippen LogP contribution in [0.1, 0.15) is 32.4 Å². The second kappa shape index (κ2) is 6.75. The molecule has 5 heteroatoms. The predicted octanol–water partition coefficient (Wildman–Crippen LogP) is 2.40. The molecule has 0 bridgehead atoms. The number of rotatable bonds is 4. The second-order valence-corrected chi connectivity index (χ2v) is 6.82. The Kier molecular flexibility index (Phi) is 5.19. The predicted molar refractivity (Wildman–Crippen MR) is 87.8 cm³/mol.